The molecule has 0 bridgehead atoms. The molecular weight excluding hydrogens is 340 g/mol. The van der Waals surface area contributed by atoms with Crippen LogP contribution in [0.4, 0.5) is 0 Å². The number of rotatable bonds is 7. The van der Waals surface area contributed by atoms with Gasteiger partial charge in [-0.25, -0.2) is 4.98 Å². The molecular formula is C18H20N2O2S2. The van der Waals surface area contributed by atoms with Crippen LogP contribution in [0.25, 0.3) is 10.2 Å². The molecule has 0 fully saturated rings. The quantitative estimate of drug-likeness (QED) is 0.638. The summed E-state index contributed by atoms with van der Waals surface area (Å²) in [5.41, 5.74) is 1.02. The van der Waals surface area contributed by atoms with Crippen LogP contribution in [0.5, 0.6) is 5.75 Å². The number of thiophene rings is 1. The summed E-state index contributed by atoms with van der Waals surface area (Å²) in [6.45, 7) is 4.71. The Labute approximate surface area is 149 Å². The third-order valence-corrected chi connectivity index (χ3v) is 5.93. The lowest BCUT2D eigenvalue weighted by molar-refractivity contribution is 0.318. The minimum absolute atomic E-state index is 0.0233. The van der Waals surface area contributed by atoms with Gasteiger partial charge < -0.3 is 9.72 Å². The van der Waals surface area contributed by atoms with E-state index in [1.165, 1.54) is 0 Å². The highest BCUT2D eigenvalue weighted by Gasteiger charge is 2.11. The zero-order valence-electron chi connectivity index (χ0n) is 13.8. The van der Waals surface area contributed by atoms with Crippen molar-refractivity contribution in [1.29, 1.82) is 0 Å². The highest BCUT2D eigenvalue weighted by molar-refractivity contribution is 7.98. The van der Waals surface area contributed by atoms with Crippen LogP contribution >= 0.6 is 23.1 Å². The Morgan fingerprint density at radius 3 is 2.83 bits per heavy atom. The topological polar surface area (TPSA) is 55.0 Å². The summed E-state index contributed by atoms with van der Waals surface area (Å²) in [6, 6.07) is 9.83. The molecule has 0 spiro atoms. The molecule has 3 rings (SSSR count). The first-order chi connectivity index (χ1) is 11.6. The summed E-state index contributed by atoms with van der Waals surface area (Å²) in [6.07, 6.45) is 0.962. The van der Waals surface area contributed by atoms with Crippen molar-refractivity contribution in [3.8, 4) is 5.75 Å². The third-order valence-electron chi connectivity index (χ3n) is 3.77. The van der Waals surface area contributed by atoms with E-state index in [0.29, 0.717) is 12.4 Å². The molecule has 6 heteroatoms. The monoisotopic (exact) mass is 360 g/mol. The van der Waals surface area contributed by atoms with Crippen molar-refractivity contribution in [2.24, 2.45) is 0 Å². The number of benzene rings is 1. The van der Waals surface area contributed by atoms with E-state index >= 15 is 0 Å². The molecule has 1 N–H and O–H groups in total. The van der Waals surface area contributed by atoms with Crippen molar-refractivity contribution in [3.63, 3.8) is 0 Å². The van der Waals surface area contributed by atoms with Gasteiger partial charge in [0, 0.05) is 4.88 Å². The Balaban J connectivity index is 1.48. The molecule has 24 heavy (non-hydrogen) atoms. The number of fused-ring (bicyclic) bond motifs is 1. The van der Waals surface area contributed by atoms with Crippen LogP contribution < -0.4 is 10.3 Å². The molecule has 0 aliphatic rings. The SMILES string of the molecule is Cc1sc2nc(CSCCCOc3ccccc3)[nH]c(=O)c2c1C. The highest BCUT2D eigenvalue weighted by Crippen LogP contribution is 2.26. The van der Waals surface area contributed by atoms with Crippen molar-refractivity contribution in [1.82, 2.24) is 9.97 Å². The Morgan fingerprint density at radius 2 is 2.04 bits per heavy atom. The number of thioether (sulfide) groups is 1. The maximum atomic E-state index is 12.2. The second-order valence-electron chi connectivity index (χ2n) is 5.54. The van der Waals surface area contributed by atoms with Gasteiger partial charge in [-0.05, 0) is 43.7 Å². The first kappa shape index (κ1) is 17.0. The van der Waals surface area contributed by atoms with Crippen molar-refractivity contribution >= 4 is 33.3 Å². The molecule has 126 valence electrons. The van der Waals surface area contributed by atoms with Gasteiger partial charge in [0.25, 0.3) is 5.56 Å². The van der Waals surface area contributed by atoms with Gasteiger partial charge in [-0.15, -0.1) is 11.3 Å². The summed E-state index contributed by atoms with van der Waals surface area (Å²) in [5.74, 6) is 3.34. The number of H-pyrrole nitrogens is 1. The Kier molecular flexibility index (Phi) is 5.58. The molecule has 0 saturated carbocycles. The van der Waals surface area contributed by atoms with Crippen LogP contribution in [0, 0.1) is 13.8 Å². The van der Waals surface area contributed by atoms with Crippen molar-refractivity contribution in [2.75, 3.05) is 12.4 Å². The zero-order chi connectivity index (χ0) is 16.9. The molecule has 0 aliphatic carbocycles. The molecule has 0 amide bonds. The minimum Gasteiger partial charge on any atom is -0.494 e. The maximum absolute atomic E-state index is 12.2. The standard InChI is InChI=1S/C18H20N2O2S2/c1-12-13(2)24-18-16(12)17(21)19-15(20-18)11-23-10-6-9-22-14-7-4-3-5-8-14/h3-5,7-8H,6,9-11H2,1-2H3,(H,19,20,21). The Morgan fingerprint density at radius 1 is 1.25 bits per heavy atom. The summed E-state index contributed by atoms with van der Waals surface area (Å²) < 4.78 is 5.67. The first-order valence-electron chi connectivity index (χ1n) is 7.89. The van der Waals surface area contributed by atoms with E-state index in [9.17, 15) is 4.79 Å². The normalized spacial score (nSPS) is 11.1. The third kappa shape index (κ3) is 3.99. The largest absolute Gasteiger partial charge is 0.494 e. The number of nitrogens with zero attached hydrogens (tertiary/aromatic N) is 1. The van der Waals surface area contributed by atoms with E-state index in [4.69, 9.17) is 4.74 Å². The van der Waals surface area contributed by atoms with Crippen LogP contribution in [-0.4, -0.2) is 22.3 Å². The van der Waals surface area contributed by atoms with E-state index in [-0.39, 0.29) is 5.56 Å². The number of para-hydroxylation sites is 1. The van der Waals surface area contributed by atoms with Gasteiger partial charge in [-0.2, -0.15) is 11.8 Å². The fourth-order valence-corrected chi connectivity index (χ4v) is 4.25. The zero-order valence-corrected chi connectivity index (χ0v) is 15.4. The fourth-order valence-electron chi connectivity index (χ4n) is 2.40. The second kappa shape index (κ2) is 7.85. The van der Waals surface area contributed by atoms with E-state index in [1.807, 2.05) is 44.2 Å². The van der Waals surface area contributed by atoms with E-state index in [0.717, 1.165) is 44.4 Å². The smallest absolute Gasteiger partial charge is 0.259 e. The lowest BCUT2D eigenvalue weighted by Crippen LogP contribution is -2.11. The highest BCUT2D eigenvalue weighted by atomic mass is 32.2. The Bertz CT molecular complexity index is 872. The molecule has 0 radical (unpaired) electrons. The average Bonchev–Trinajstić information content (AvgIpc) is 2.86. The van der Waals surface area contributed by atoms with Gasteiger partial charge in [0.15, 0.2) is 0 Å². The molecule has 4 nitrogen and oxygen atoms in total. The number of nitrogens with one attached hydrogen (secondary N) is 1. The summed E-state index contributed by atoms with van der Waals surface area (Å²) in [4.78, 5) is 21.7. The lowest BCUT2D eigenvalue weighted by Gasteiger charge is -2.05. The van der Waals surface area contributed by atoms with Crippen LogP contribution in [0.3, 0.4) is 0 Å². The number of aromatic amines is 1. The molecule has 2 heterocycles. The van der Waals surface area contributed by atoms with Crippen LogP contribution in [0.1, 0.15) is 22.7 Å². The van der Waals surface area contributed by atoms with E-state index in [1.54, 1.807) is 23.1 Å². The van der Waals surface area contributed by atoms with Gasteiger partial charge in [0.05, 0.1) is 17.7 Å². The number of aromatic nitrogens is 2. The Hall–Kier alpha value is -1.79. The predicted octanol–water partition coefficient (Wildman–Crippen LogP) is 4.30. The van der Waals surface area contributed by atoms with Gasteiger partial charge in [0.2, 0.25) is 0 Å². The average molecular weight is 361 g/mol. The van der Waals surface area contributed by atoms with Crippen LogP contribution in [0.15, 0.2) is 35.1 Å². The van der Waals surface area contributed by atoms with E-state index in [2.05, 4.69) is 9.97 Å². The predicted molar refractivity (Wildman–Crippen MR) is 102 cm³/mol. The summed E-state index contributed by atoms with van der Waals surface area (Å²) in [5, 5.41) is 0.738. The van der Waals surface area contributed by atoms with Crippen LogP contribution in [-0.2, 0) is 5.75 Å². The second-order valence-corrected chi connectivity index (χ2v) is 7.85. The van der Waals surface area contributed by atoms with Crippen LogP contribution in [0.2, 0.25) is 0 Å². The van der Waals surface area contributed by atoms with Gasteiger partial charge in [-0.3, -0.25) is 4.79 Å². The van der Waals surface area contributed by atoms with Gasteiger partial charge >= 0.3 is 0 Å². The number of hydrogen-bond acceptors (Lipinski definition) is 5. The lowest BCUT2D eigenvalue weighted by atomic mass is 10.2. The maximum Gasteiger partial charge on any atom is 0.259 e. The van der Waals surface area contributed by atoms with Gasteiger partial charge in [0.1, 0.15) is 16.4 Å². The molecule has 3 aromatic rings. The van der Waals surface area contributed by atoms with Gasteiger partial charge in [-0.1, -0.05) is 18.2 Å². The van der Waals surface area contributed by atoms with E-state index < -0.39 is 0 Å². The first-order valence-corrected chi connectivity index (χ1v) is 9.87. The summed E-state index contributed by atoms with van der Waals surface area (Å²) in [7, 11) is 0. The molecule has 0 saturated heterocycles. The number of aryl methyl sites for hydroxylation is 2. The number of hydrogen-bond donors (Lipinski definition) is 1. The number of ether oxygens (including phenoxy) is 1. The van der Waals surface area contributed by atoms with Crippen molar-refractivity contribution < 1.29 is 4.74 Å². The molecule has 0 aliphatic heterocycles. The minimum atomic E-state index is -0.0233. The molecule has 0 atom stereocenters. The fraction of sp³-hybridized carbons (Fsp3) is 0.333. The molecule has 0 unspecified atom stereocenters. The summed E-state index contributed by atoms with van der Waals surface area (Å²) >= 11 is 3.35. The molecule has 2 aromatic heterocycles. The van der Waals surface area contributed by atoms with Crippen molar-refractivity contribution in [2.45, 2.75) is 26.0 Å². The van der Waals surface area contributed by atoms with Crippen molar-refractivity contribution in [3.05, 3.63) is 57.0 Å². The molecule has 1 aromatic carbocycles.